The number of hydrogen-bond donors (Lipinski definition) is 1. The molecule has 2 amide bonds. The van der Waals surface area contributed by atoms with Gasteiger partial charge >= 0.3 is 6.03 Å². The Labute approximate surface area is 173 Å². The van der Waals surface area contributed by atoms with E-state index in [1.165, 1.54) is 5.56 Å². The van der Waals surface area contributed by atoms with E-state index in [4.69, 9.17) is 9.47 Å². The minimum atomic E-state index is 0.00628. The number of nitrogens with one attached hydrogen (secondary N) is 1. The number of methoxy groups -OCH3 is 2. The molecule has 6 nitrogen and oxygen atoms in total. The molecule has 1 aliphatic heterocycles. The van der Waals surface area contributed by atoms with E-state index in [2.05, 4.69) is 16.3 Å². The number of ether oxygens (including phenoxy) is 2. The molecule has 1 aliphatic rings. The van der Waals surface area contributed by atoms with Crippen LogP contribution in [0.25, 0.3) is 0 Å². The Balaban J connectivity index is 1.44. The number of amides is 2. The second kappa shape index (κ2) is 10.2. The predicted molar refractivity (Wildman–Crippen MR) is 115 cm³/mol. The number of urea groups is 1. The van der Waals surface area contributed by atoms with Crippen LogP contribution >= 0.6 is 0 Å². The zero-order chi connectivity index (χ0) is 20.6. The van der Waals surface area contributed by atoms with Crippen molar-refractivity contribution >= 4 is 6.03 Å². The van der Waals surface area contributed by atoms with Gasteiger partial charge in [0.15, 0.2) is 11.5 Å². The molecule has 1 heterocycles. The standard InChI is InChI=1S/C23H31N3O3/c1-18(20-7-5-4-6-8-20)24-23(27)26-15-13-25(14-16-26)12-11-19-9-10-21(28-2)22(17-19)29-3/h4-10,17-18H,11-16H2,1-3H3,(H,24,27). The minimum Gasteiger partial charge on any atom is -0.493 e. The Morgan fingerprint density at radius 2 is 1.69 bits per heavy atom. The Bertz CT molecular complexity index is 789. The smallest absolute Gasteiger partial charge is 0.317 e. The van der Waals surface area contributed by atoms with Crippen LogP contribution < -0.4 is 14.8 Å². The number of carbonyl (C=O) groups is 1. The maximum Gasteiger partial charge on any atom is 0.317 e. The lowest BCUT2D eigenvalue weighted by molar-refractivity contribution is 0.138. The van der Waals surface area contributed by atoms with Crippen LogP contribution in [0.5, 0.6) is 11.5 Å². The van der Waals surface area contributed by atoms with Crippen molar-refractivity contribution in [2.45, 2.75) is 19.4 Å². The summed E-state index contributed by atoms with van der Waals surface area (Å²) in [6, 6.07) is 16.1. The molecule has 1 N–H and O–H groups in total. The summed E-state index contributed by atoms with van der Waals surface area (Å²) < 4.78 is 10.7. The lowest BCUT2D eigenvalue weighted by Gasteiger charge is -2.35. The SMILES string of the molecule is COc1ccc(CCN2CCN(C(=O)NC(C)c3ccccc3)CC2)cc1OC. The summed E-state index contributed by atoms with van der Waals surface area (Å²) in [4.78, 5) is 16.9. The minimum absolute atomic E-state index is 0.00628. The number of rotatable bonds is 7. The molecule has 29 heavy (non-hydrogen) atoms. The fraction of sp³-hybridized carbons (Fsp3) is 0.435. The van der Waals surface area contributed by atoms with E-state index in [0.717, 1.165) is 56.2 Å². The fourth-order valence-corrected chi connectivity index (χ4v) is 3.60. The average Bonchev–Trinajstić information content (AvgIpc) is 2.78. The highest BCUT2D eigenvalue weighted by Crippen LogP contribution is 2.27. The topological polar surface area (TPSA) is 54.0 Å². The first-order valence-electron chi connectivity index (χ1n) is 10.1. The molecular formula is C23H31N3O3. The third kappa shape index (κ3) is 5.64. The highest BCUT2D eigenvalue weighted by atomic mass is 16.5. The van der Waals surface area contributed by atoms with E-state index in [1.807, 2.05) is 54.3 Å². The van der Waals surface area contributed by atoms with E-state index in [9.17, 15) is 4.79 Å². The van der Waals surface area contributed by atoms with Crippen LogP contribution in [0.3, 0.4) is 0 Å². The molecule has 0 aliphatic carbocycles. The Morgan fingerprint density at radius 1 is 1.00 bits per heavy atom. The van der Waals surface area contributed by atoms with Crippen molar-refractivity contribution in [1.29, 1.82) is 0 Å². The lowest BCUT2D eigenvalue weighted by atomic mass is 10.1. The van der Waals surface area contributed by atoms with Gasteiger partial charge in [0.25, 0.3) is 0 Å². The lowest BCUT2D eigenvalue weighted by Crippen LogP contribution is -2.52. The van der Waals surface area contributed by atoms with E-state index in [1.54, 1.807) is 14.2 Å². The number of carbonyl (C=O) groups excluding carboxylic acids is 1. The van der Waals surface area contributed by atoms with Crippen LogP contribution in [0.1, 0.15) is 24.1 Å². The number of nitrogens with zero attached hydrogens (tertiary/aromatic N) is 2. The Kier molecular flexibility index (Phi) is 7.36. The van der Waals surface area contributed by atoms with Crippen LogP contribution in [-0.2, 0) is 6.42 Å². The summed E-state index contributed by atoms with van der Waals surface area (Å²) in [5, 5.41) is 3.10. The number of hydrogen-bond acceptors (Lipinski definition) is 4. The second-order valence-corrected chi connectivity index (χ2v) is 7.35. The van der Waals surface area contributed by atoms with E-state index >= 15 is 0 Å². The van der Waals surface area contributed by atoms with Crippen molar-refractivity contribution in [3.63, 3.8) is 0 Å². The van der Waals surface area contributed by atoms with Gasteiger partial charge in [-0.3, -0.25) is 4.90 Å². The van der Waals surface area contributed by atoms with Gasteiger partial charge in [0.2, 0.25) is 0 Å². The summed E-state index contributed by atoms with van der Waals surface area (Å²) in [5.41, 5.74) is 2.34. The molecule has 0 bridgehead atoms. The third-order valence-electron chi connectivity index (χ3n) is 5.46. The average molecular weight is 398 g/mol. The van der Waals surface area contributed by atoms with Crippen molar-refractivity contribution in [2.75, 3.05) is 46.9 Å². The molecule has 6 heteroatoms. The van der Waals surface area contributed by atoms with Crippen molar-refractivity contribution in [2.24, 2.45) is 0 Å². The number of piperazine rings is 1. The monoisotopic (exact) mass is 397 g/mol. The van der Waals surface area contributed by atoms with E-state index in [0.29, 0.717) is 0 Å². The largest absolute Gasteiger partial charge is 0.493 e. The molecule has 156 valence electrons. The summed E-state index contributed by atoms with van der Waals surface area (Å²) in [5.74, 6) is 1.51. The zero-order valence-corrected chi connectivity index (χ0v) is 17.6. The molecule has 3 rings (SSSR count). The zero-order valence-electron chi connectivity index (χ0n) is 17.6. The van der Waals surface area contributed by atoms with Gasteiger partial charge < -0.3 is 19.7 Å². The normalized spacial score (nSPS) is 15.6. The maximum absolute atomic E-state index is 12.6. The first-order valence-corrected chi connectivity index (χ1v) is 10.1. The molecule has 2 aromatic carbocycles. The van der Waals surface area contributed by atoms with Gasteiger partial charge in [-0.15, -0.1) is 0 Å². The molecule has 2 aromatic rings. The molecule has 1 saturated heterocycles. The van der Waals surface area contributed by atoms with Crippen molar-refractivity contribution < 1.29 is 14.3 Å². The summed E-state index contributed by atoms with van der Waals surface area (Å²) in [6.45, 7) is 6.26. The molecule has 1 atom stereocenters. The van der Waals surface area contributed by atoms with Crippen LogP contribution in [-0.4, -0.2) is 62.8 Å². The van der Waals surface area contributed by atoms with Gasteiger partial charge in [-0.1, -0.05) is 36.4 Å². The van der Waals surface area contributed by atoms with Crippen LogP contribution in [0.15, 0.2) is 48.5 Å². The Hall–Kier alpha value is -2.73. The van der Waals surface area contributed by atoms with Gasteiger partial charge in [0.05, 0.1) is 20.3 Å². The summed E-state index contributed by atoms with van der Waals surface area (Å²) >= 11 is 0. The molecule has 1 fully saturated rings. The maximum atomic E-state index is 12.6. The second-order valence-electron chi connectivity index (χ2n) is 7.35. The third-order valence-corrected chi connectivity index (χ3v) is 5.46. The fourth-order valence-electron chi connectivity index (χ4n) is 3.60. The first-order chi connectivity index (χ1) is 14.1. The Morgan fingerprint density at radius 3 is 2.34 bits per heavy atom. The summed E-state index contributed by atoms with van der Waals surface area (Å²) in [6.07, 6.45) is 0.942. The van der Waals surface area contributed by atoms with Gasteiger partial charge in [-0.05, 0) is 36.6 Å². The van der Waals surface area contributed by atoms with Crippen molar-refractivity contribution in [1.82, 2.24) is 15.1 Å². The quantitative estimate of drug-likeness (QED) is 0.779. The molecule has 0 saturated carbocycles. The highest BCUT2D eigenvalue weighted by Gasteiger charge is 2.22. The molecule has 0 aromatic heterocycles. The number of benzene rings is 2. The predicted octanol–water partition coefficient (Wildman–Crippen LogP) is 3.33. The van der Waals surface area contributed by atoms with Gasteiger partial charge in [-0.25, -0.2) is 4.79 Å². The van der Waals surface area contributed by atoms with Crippen LogP contribution in [0, 0.1) is 0 Å². The van der Waals surface area contributed by atoms with Crippen LogP contribution in [0.4, 0.5) is 4.79 Å². The van der Waals surface area contributed by atoms with Crippen LogP contribution in [0.2, 0.25) is 0 Å². The van der Waals surface area contributed by atoms with Crippen molar-refractivity contribution in [3.8, 4) is 11.5 Å². The molecule has 0 radical (unpaired) electrons. The molecular weight excluding hydrogens is 366 g/mol. The van der Waals surface area contributed by atoms with Gasteiger partial charge in [-0.2, -0.15) is 0 Å². The van der Waals surface area contributed by atoms with Gasteiger partial charge in [0.1, 0.15) is 0 Å². The highest BCUT2D eigenvalue weighted by molar-refractivity contribution is 5.74. The summed E-state index contributed by atoms with van der Waals surface area (Å²) in [7, 11) is 3.30. The van der Waals surface area contributed by atoms with E-state index < -0.39 is 0 Å². The van der Waals surface area contributed by atoms with Crippen molar-refractivity contribution in [3.05, 3.63) is 59.7 Å². The molecule has 1 unspecified atom stereocenters. The molecule has 0 spiro atoms. The first kappa shape index (κ1) is 21.0. The van der Waals surface area contributed by atoms with Gasteiger partial charge in [0, 0.05) is 32.7 Å². The van der Waals surface area contributed by atoms with E-state index in [-0.39, 0.29) is 12.1 Å².